The van der Waals surface area contributed by atoms with E-state index in [1.807, 2.05) is 13.8 Å². The Bertz CT molecular complexity index is 205. The van der Waals surface area contributed by atoms with Crippen molar-refractivity contribution in [1.82, 2.24) is 0 Å². The molecule has 1 fully saturated rings. The van der Waals surface area contributed by atoms with Gasteiger partial charge in [0.15, 0.2) is 0 Å². The molecular formula is C15H30. The Morgan fingerprint density at radius 1 is 1.27 bits per heavy atom. The molecule has 0 N–H and O–H groups in total. The summed E-state index contributed by atoms with van der Waals surface area (Å²) in [7, 11) is 0. The summed E-state index contributed by atoms with van der Waals surface area (Å²) in [5, 5.41) is 0. The van der Waals surface area contributed by atoms with Crippen LogP contribution in [-0.4, -0.2) is 0 Å². The van der Waals surface area contributed by atoms with Gasteiger partial charge in [0.25, 0.3) is 0 Å². The van der Waals surface area contributed by atoms with Crippen LogP contribution in [0.25, 0.3) is 0 Å². The van der Waals surface area contributed by atoms with Gasteiger partial charge in [0.1, 0.15) is 0 Å². The molecular weight excluding hydrogens is 180 g/mol. The lowest BCUT2D eigenvalue weighted by molar-refractivity contribution is 0.199. The molecule has 0 radical (unpaired) electrons. The largest absolute Gasteiger partial charge is 0.130 e. The molecule has 0 aromatic rings. The molecule has 0 aromatic heterocycles. The molecule has 0 heteroatoms. The maximum Gasteiger partial charge on any atom is 0 e. The molecule has 0 heterocycles. The van der Waals surface area contributed by atoms with Crippen molar-refractivity contribution in [2.45, 2.75) is 72.6 Å². The van der Waals surface area contributed by atoms with Crippen LogP contribution in [0.4, 0.5) is 0 Å². The minimum Gasteiger partial charge on any atom is -0.130 e. The van der Waals surface area contributed by atoms with Crippen molar-refractivity contribution in [3.63, 3.8) is 0 Å². The number of hydrogen-bond donors (Lipinski definition) is 0. The van der Waals surface area contributed by atoms with Crippen LogP contribution in [0.5, 0.6) is 0 Å². The lowest BCUT2D eigenvalue weighted by Crippen LogP contribution is -2.19. The molecule has 0 atom stereocenters. The Hall–Kier alpha value is -0.480. The van der Waals surface area contributed by atoms with Crippen LogP contribution in [-0.2, 0) is 0 Å². The molecule has 1 aliphatic carbocycles. The Morgan fingerprint density at radius 3 is 2.27 bits per heavy atom. The van der Waals surface area contributed by atoms with E-state index in [0.717, 1.165) is 0 Å². The summed E-state index contributed by atoms with van der Waals surface area (Å²) in [6.07, 6.45) is 9.71. The first-order valence-corrected chi connectivity index (χ1v) is 6.52. The smallest absolute Gasteiger partial charge is 0 e. The average molecular weight is 210 g/mol. The van der Waals surface area contributed by atoms with Crippen LogP contribution < -0.4 is 0 Å². The molecule has 0 saturated heterocycles. The molecule has 0 spiro atoms. The third-order valence-corrected chi connectivity index (χ3v) is 3.47. The van der Waals surface area contributed by atoms with Crippen molar-refractivity contribution in [2.24, 2.45) is 5.41 Å². The lowest BCUT2D eigenvalue weighted by atomic mass is 9.72. The summed E-state index contributed by atoms with van der Waals surface area (Å²) in [6, 6.07) is 0. The van der Waals surface area contributed by atoms with E-state index in [2.05, 4.69) is 26.2 Å². The maximum atomic E-state index is 3.69. The van der Waals surface area contributed by atoms with Gasteiger partial charge in [-0.2, -0.15) is 0 Å². The number of hydrogen-bond acceptors (Lipinski definition) is 0. The molecule has 1 saturated carbocycles. The molecule has 90 valence electrons. The quantitative estimate of drug-likeness (QED) is 0.521. The van der Waals surface area contributed by atoms with Gasteiger partial charge in [-0.1, -0.05) is 46.6 Å². The van der Waals surface area contributed by atoms with Crippen LogP contribution in [0.3, 0.4) is 0 Å². The predicted octanol–water partition coefficient (Wildman–Crippen LogP) is 5.74. The van der Waals surface area contributed by atoms with E-state index < -0.39 is 0 Å². The standard InChI is InChI=1S/C13H22.C2H6.H2/c1-4-12(2)8-11-13(3)9-6-5-7-10-13;1-2;/h1,5-11H2,2-3H3;1-2H3;1H. The predicted molar refractivity (Wildman–Crippen MR) is 72.2 cm³/mol. The van der Waals surface area contributed by atoms with E-state index in [4.69, 9.17) is 0 Å². The SMILES string of the molecule is C=C=C(C)CCC1(C)CCCCC1.CC.[HH]. The van der Waals surface area contributed by atoms with Crippen molar-refractivity contribution in [1.29, 1.82) is 0 Å². The van der Waals surface area contributed by atoms with Gasteiger partial charge in [0.2, 0.25) is 0 Å². The topological polar surface area (TPSA) is 0 Å². The fourth-order valence-corrected chi connectivity index (χ4v) is 2.23. The van der Waals surface area contributed by atoms with E-state index in [9.17, 15) is 0 Å². The highest BCUT2D eigenvalue weighted by Gasteiger charge is 2.25. The second-order valence-electron chi connectivity index (χ2n) is 4.83. The van der Waals surface area contributed by atoms with Crippen LogP contribution >= 0.6 is 0 Å². The van der Waals surface area contributed by atoms with Gasteiger partial charge >= 0.3 is 0 Å². The fraction of sp³-hybridized carbons (Fsp3) is 0.800. The molecule has 1 rings (SSSR count). The minimum atomic E-state index is 0. The molecule has 0 aromatic carbocycles. The minimum absolute atomic E-state index is 0. The summed E-state index contributed by atoms with van der Waals surface area (Å²) in [5.41, 5.74) is 4.94. The van der Waals surface area contributed by atoms with Crippen molar-refractivity contribution in [3.8, 4) is 0 Å². The first-order chi connectivity index (χ1) is 7.16. The zero-order valence-corrected chi connectivity index (χ0v) is 11.2. The van der Waals surface area contributed by atoms with Crippen molar-refractivity contribution in [3.05, 3.63) is 17.9 Å². The molecule has 0 bridgehead atoms. The third kappa shape index (κ3) is 5.85. The maximum absolute atomic E-state index is 3.69. The molecule has 15 heavy (non-hydrogen) atoms. The molecule has 0 nitrogen and oxygen atoms in total. The highest BCUT2D eigenvalue weighted by Crippen LogP contribution is 2.40. The zero-order valence-electron chi connectivity index (χ0n) is 11.2. The number of rotatable bonds is 3. The van der Waals surface area contributed by atoms with Gasteiger partial charge in [0.05, 0.1) is 0 Å². The van der Waals surface area contributed by atoms with Gasteiger partial charge in [-0.05, 0) is 43.6 Å². The summed E-state index contributed by atoms with van der Waals surface area (Å²) >= 11 is 0. The summed E-state index contributed by atoms with van der Waals surface area (Å²) in [5.74, 6) is 0. The van der Waals surface area contributed by atoms with Crippen LogP contribution in [0.2, 0.25) is 0 Å². The highest BCUT2D eigenvalue weighted by atomic mass is 14.3. The number of allylic oxidation sites excluding steroid dienone is 1. The lowest BCUT2D eigenvalue weighted by Gasteiger charge is -2.33. The van der Waals surface area contributed by atoms with Crippen molar-refractivity contribution in [2.75, 3.05) is 0 Å². The highest BCUT2D eigenvalue weighted by molar-refractivity contribution is 4.95. The monoisotopic (exact) mass is 210 g/mol. The van der Waals surface area contributed by atoms with E-state index >= 15 is 0 Å². The Labute approximate surface area is 98.0 Å². The summed E-state index contributed by atoms with van der Waals surface area (Å²) < 4.78 is 0. The fourth-order valence-electron chi connectivity index (χ4n) is 2.23. The molecule has 1 aliphatic rings. The molecule has 0 aliphatic heterocycles. The van der Waals surface area contributed by atoms with Crippen LogP contribution in [0, 0.1) is 5.41 Å². The zero-order chi connectivity index (χ0) is 11.7. The van der Waals surface area contributed by atoms with Crippen molar-refractivity contribution >= 4 is 0 Å². The van der Waals surface area contributed by atoms with E-state index in [1.54, 1.807) is 0 Å². The third-order valence-electron chi connectivity index (χ3n) is 3.47. The van der Waals surface area contributed by atoms with Gasteiger partial charge in [-0.3, -0.25) is 0 Å². The van der Waals surface area contributed by atoms with E-state index in [-0.39, 0.29) is 1.43 Å². The van der Waals surface area contributed by atoms with Crippen LogP contribution in [0.15, 0.2) is 17.9 Å². The second kappa shape index (κ2) is 7.77. The molecule has 0 unspecified atom stereocenters. The van der Waals surface area contributed by atoms with Gasteiger partial charge in [0, 0.05) is 1.43 Å². The van der Waals surface area contributed by atoms with Gasteiger partial charge in [-0.15, -0.1) is 5.73 Å². The van der Waals surface area contributed by atoms with E-state index in [1.165, 1.54) is 50.5 Å². The Kier molecular flexibility index (Phi) is 7.52. The summed E-state index contributed by atoms with van der Waals surface area (Å²) in [6.45, 7) is 12.3. The first-order valence-electron chi connectivity index (χ1n) is 6.52. The first kappa shape index (κ1) is 14.5. The van der Waals surface area contributed by atoms with Gasteiger partial charge in [-0.25, -0.2) is 0 Å². The average Bonchev–Trinajstić information content (AvgIpc) is 2.30. The second-order valence-corrected chi connectivity index (χ2v) is 4.83. The Morgan fingerprint density at radius 2 is 1.80 bits per heavy atom. The normalized spacial score (nSPS) is 18.4. The van der Waals surface area contributed by atoms with Crippen molar-refractivity contribution < 1.29 is 1.43 Å². The summed E-state index contributed by atoms with van der Waals surface area (Å²) in [4.78, 5) is 0. The van der Waals surface area contributed by atoms with Crippen LogP contribution in [0.1, 0.15) is 74.1 Å². The Balaban J connectivity index is 0. The molecule has 0 amide bonds. The van der Waals surface area contributed by atoms with E-state index in [0.29, 0.717) is 5.41 Å². The van der Waals surface area contributed by atoms with Gasteiger partial charge < -0.3 is 0 Å².